The summed E-state index contributed by atoms with van der Waals surface area (Å²) in [7, 11) is 0. The first-order chi connectivity index (χ1) is 7.81. The summed E-state index contributed by atoms with van der Waals surface area (Å²) in [6, 6.07) is 0.510. The maximum atomic E-state index is 5.93. The molecular weight excluding hydrogens is 212 g/mol. The maximum absolute atomic E-state index is 5.93. The van der Waals surface area contributed by atoms with Crippen LogP contribution in [-0.4, -0.2) is 16.0 Å². The van der Waals surface area contributed by atoms with Crippen molar-refractivity contribution in [3.8, 4) is 0 Å². The Kier molecular flexibility index (Phi) is 2.76. The van der Waals surface area contributed by atoms with Crippen molar-refractivity contribution in [3.05, 3.63) is 11.4 Å². The summed E-state index contributed by atoms with van der Waals surface area (Å²) in [6.07, 6.45) is 1.19. The van der Waals surface area contributed by atoms with Crippen LogP contribution >= 0.6 is 0 Å². The number of nitrogens with zero attached hydrogens (tertiary/aromatic N) is 2. The van der Waals surface area contributed by atoms with Gasteiger partial charge in [0, 0.05) is 17.5 Å². The van der Waals surface area contributed by atoms with Crippen molar-refractivity contribution < 1.29 is 0 Å². The molecule has 1 unspecified atom stereocenters. The molecule has 1 aliphatic carbocycles. The van der Waals surface area contributed by atoms with E-state index in [1.54, 1.807) is 0 Å². The summed E-state index contributed by atoms with van der Waals surface area (Å²) in [5, 5.41) is 3.48. The number of hydrogen-bond donors (Lipinski definition) is 2. The molecule has 4 heteroatoms. The highest BCUT2D eigenvalue weighted by molar-refractivity contribution is 5.56. The van der Waals surface area contributed by atoms with Crippen molar-refractivity contribution in [3.63, 3.8) is 0 Å². The molecule has 1 saturated carbocycles. The van der Waals surface area contributed by atoms with Crippen LogP contribution in [0.1, 0.15) is 51.4 Å². The normalized spacial score (nSPS) is 21.6. The Hall–Kier alpha value is -1.32. The van der Waals surface area contributed by atoms with Crippen molar-refractivity contribution >= 4 is 11.6 Å². The first kappa shape index (κ1) is 12.1. The lowest BCUT2D eigenvalue weighted by atomic mass is 10.2. The zero-order chi connectivity index (χ0) is 12.8. The summed E-state index contributed by atoms with van der Waals surface area (Å²) < 4.78 is 0. The lowest BCUT2D eigenvalue weighted by molar-refractivity contribution is 0.629. The molecule has 0 saturated heterocycles. The average Bonchev–Trinajstić information content (AvgIpc) is 2.80. The molecule has 17 heavy (non-hydrogen) atoms. The summed E-state index contributed by atoms with van der Waals surface area (Å²) in [5.74, 6) is 2.60. The minimum atomic E-state index is 0.297. The average molecular weight is 234 g/mol. The Bertz CT molecular complexity index is 437. The van der Waals surface area contributed by atoms with Crippen molar-refractivity contribution in [1.82, 2.24) is 9.97 Å². The molecule has 0 aliphatic heterocycles. The van der Waals surface area contributed by atoms with Crippen LogP contribution in [0.15, 0.2) is 0 Å². The summed E-state index contributed by atoms with van der Waals surface area (Å²) >= 11 is 0. The molecule has 1 atom stereocenters. The topological polar surface area (TPSA) is 63.8 Å². The third kappa shape index (κ3) is 2.35. The number of rotatable bonds is 3. The maximum Gasteiger partial charge on any atom is 0.135 e. The number of nitrogens with two attached hydrogens (primary N) is 1. The Morgan fingerprint density at radius 3 is 2.41 bits per heavy atom. The minimum Gasteiger partial charge on any atom is -0.383 e. The van der Waals surface area contributed by atoms with E-state index in [4.69, 9.17) is 5.73 Å². The molecule has 0 spiro atoms. The van der Waals surface area contributed by atoms with E-state index in [2.05, 4.69) is 43.0 Å². The molecule has 1 fully saturated rings. The molecule has 1 aromatic rings. The molecule has 94 valence electrons. The van der Waals surface area contributed by atoms with Crippen LogP contribution in [0.2, 0.25) is 0 Å². The zero-order valence-corrected chi connectivity index (χ0v) is 11.3. The van der Waals surface area contributed by atoms with Crippen LogP contribution in [0, 0.1) is 12.3 Å². The van der Waals surface area contributed by atoms with E-state index >= 15 is 0 Å². The van der Waals surface area contributed by atoms with Crippen LogP contribution in [0.5, 0.6) is 0 Å². The molecular formula is C13H22N4. The third-order valence-corrected chi connectivity index (χ3v) is 3.54. The van der Waals surface area contributed by atoms with Gasteiger partial charge in [-0.2, -0.15) is 0 Å². The molecule has 0 amide bonds. The Morgan fingerprint density at radius 2 is 1.94 bits per heavy atom. The van der Waals surface area contributed by atoms with Gasteiger partial charge in [-0.3, -0.25) is 0 Å². The first-order valence-corrected chi connectivity index (χ1v) is 6.22. The second-order valence-electron chi connectivity index (χ2n) is 5.98. The van der Waals surface area contributed by atoms with E-state index in [-0.39, 0.29) is 0 Å². The van der Waals surface area contributed by atoms with E-state index in [1.807, 2.05) is 6.92 Å². The van der Waals surface area contributed by atoms with Gasteiger partial charge in [0.2, 0.25) is 0 Å². The molecule has 1 aromatic heterocycles. The van der Waals surface area contributed by atoms with Crippen molar-refractivity contribution in [2.45, 2.75) is 53.0 Å². The number of anilines is 2. The van der Waals surface area contributed by atoms with Crippen LogP contribution < -0.4 is 11.1 Å². The fraction of sp³-hybridized carbons (Fsp3) is 0.692. The van der Waals surface area contributed by atoms with Gasteiger partial charge in [0.25, 0.3) is 0 Å². The Labute approximate surface area is 103 Å². The van der Waals surface area contributed by atoms with Crippen LogP contribution in [0.4, 0.5) is 11.6 Å². The number of nitrogens with one attached hydrogen (secondary N) is 1. The van der Waals surface area contributed by atoms with Gasteiger partial charge in [-0.25, -0.2) is 9.97 Å². The first-order valence-electron chi connectivity index (χ1n) is 6.22. The zero-order valence-electron chi connectivity index (χ0n) is 11.3. The molecule has 1 aliphatic rings. The van der Waals surface area contributed by atoms with Gasteiger partial charge in [-0.05, 0) is 18.8 Å². The summed E-state index contributed by atoms with van der Waals surface area (Å²) in [4.78, 5) is 8.90. The SMILES string of the molecule is Cc1c(N)nc(C(C)C)nc1NC1CC1(C)C. The van der Waals surface area contributed by atoms with Crippen LogP contribution in [-0.2, 0) is 0 Å². The summed E-state index contributed by atoms with van der Waals surface area (Å²) in [6.45, 7) is 10.6. The molecule has 4 nitrogen and oxygen atoms in total. The van der Waals surface area contributed by atoms with E-state index in [0.717, 1.165) is 17.2 Å². The lowest BCUT2D eigenvalue weighted by Crippen LogP contribution is -2.14. The van der Waals surface area contributed by atoms with Crippen molar-refractivity contribution in [2.75, 3.05) is 11.1 Å². The van der Waals surface area contributed by atoms with Crippen molar-refractivity contribution in [2.24, 2.45) is 5.41 Å². The monoisotopic (exact) mass is 234 g/mol. The highest BCUT2D eigenvalue weighted by Gasteiger charge is 2.46. The summed E-state index contributed by atoms with van der Waals surface area (Å²) in [5.41, 5.74) is 7.27. The molecule has 0 aromatic carbocycles. The highest BCUT2D eigenvalue weighted by Crippen LogP contribution is 2.46. The predicted molar refractivity (Wildman–Crippen MR) is 71.1 cm³/mol. The lowest BCUT2D eigenvalue weighted by Gasteiger charge is -2.14. The molecule has 1 heterocycles. The van der Waals surface area contributed by atoms with Gasteiger partial charge in [0.15, 0.2) is 0 Å². The van der Waals surface area contributed by atoms with Gasteiger partial charge < -0.3 is 11.1 Å². The fourth-order valence-corrected chi connectivity index (χ4v) is 1.83. The number of hydrogen-bond acceptors (Lipinski definition) is 4. The Balaban J connectivity index is 2.26. The van der Waals surface area contributed by atoms with E-state index in [1.165, 1.54) is 6.42 Å². The molecule has 0 radical (unpaired) electrons. The van der Waals surface area contributed by atoms with E-state index < -0.39 is 0 Å². The second kappa shape index (κ2) is 3.86. The van der Waals surface area contributed by atoms with Crippen molar-refractivity contribution in [1.29, 1.82) is 0 Å². The van der Waals surface area contributed by atoms with Gasteiger partial charge in [-0.1, -0.05) is 27.7 Å². The smallest absolute Gasteiger partial charge is 0.135 e. The minimum absolute atomic E-state index is 0.297. The molecule has 3 N–H and O–H groups in total. The largest absolute Gasteiger partial charge is 0.383 e. The van der Waals surface area contributed by atoms with E-state index in [0.29, 0.717) is 23.2 Å². The van der Waals surface area contributed by atoms with Crippen LogP contribution in [0.3, 0.4) is 0 Å². The molecule has 0 bridgehead atoms. The predicted octanol–water partition coefficient (Wildman–Crippen LogP) is 2.70. The van der Waals surface area contributed by atoms with Crippen LogP contribution in [0.25, 0.3) is 0 Å². The van der Waals surface area contributed by atoms with Gasteiger partial charge >= 0.3 is 0 Å². The van der Waals surface area contributed by atoms with Gasteiger partial charge in [0.05, 0.1) is 0 Å². The standard InChI is InChI=1S/C13H22N4/c1-7(2)11-16-10(14)8(3)12(17-11)15-9-6-13(9,4)5/h7,9H,6H2,1-5H3,(H3,14,15,16,17). The van der Waals surface area contributed by atoms with Gasteiger partial charge in [-0.15, -0.1) is 0 Å². The number of aromatic nitrogens is 2. The highest BCUT2D eigenvalue weighted by atomic mass is 15.1. The van der Waals surface area contributed by atoms with E-state index in [9.17, 15) is 0 Å². The number of nitrogen functional groups attached to an aromatic ring is 1. The Morgan fingerprint density at radius 1 is 1.35 bits per heavy atom. The second-order valence-corrected chi connectivity index (χ2v) is 5.98. The van der Waals surface area contributed by atoms with Gasteiger partial charge in [0.1, 0.15) is 17.5 Å². The quantitative estimate of drug-likeness (QED) is 0.844. The third-order valence-electron chi connectivity index (χ3n) is 3.54. The molecule has 2 rings (SSSR count). The fourth-order valence-electron chi connectivity index (χ4n) is 1.83.